The Hall–Kier alpha value is -3.36. The molecule has 2 aromatic carbocycles. The number of nitro benzene ring substituents is 1. The van der Waals surface area contributed by atoms with Gasteiger partial charge in [-0.25, -0.2) is 13.6 Å². The zero-order valence-corrected chi connectivity index (χ0v) is 14.3. The molecule has 1 atom stereocenters. The minimum Gasteiger partial charge on any atom is -0.467 e. The molecule has 0 radical (unpaired) electrons. The molecular weight excluding hydrogens is 362 g/mol. The highest BCUT2D eigenvalue weighted by Gasteiger charge is 2.26. The van der Waals surface area contributed by atoms with Crippen LogP contribution in [0.4, 0.5) is 14.5 Å². The molecule has 9 heteroatoms. The molecule has 2 aromatic rings. The molecule has 0 bridgehead atoms. The standard InChI is InChI=1S/C18H16F2N2O5/c1-27-18(24)15(8-12-4-2-3-5-16(12)22(25)26)21-17(23)9-11-6-7-13(19)10-14(11)20/h2-7,10,15H,8-9H2,1H3,(H,21,23)/t15-/m0/s1. The number of rotatable bonds is 7. The molecule has 0 saturated carbocycles. The van der Waals surface area contributed by atoms with E-state index < -0.39 is 40.9 Å². The lowest BCUT2D eigenvalue weighted by atomic mass is 10.0. The number of amides is 1. The van der Waals surface area contributed by atoms with Gasteiger partial charge < -0.3 is 10.1 Å². The molecule has 0 fully saturated rings. The van der Waals surface area contributed by atoms with Crippen molar-refractivity contribution < 1.29 is 28.0 Å². The third-order valence-electron chi connectivity index (χ3n) is 3.80. The number of nitrogens with zero attached hydrogens (tertiary/aromatic N) is 1. The fourth-order valence-corrected chi connectivity index (χ4v) is 2.50. The van der Waals surface area contributed by atoms with Gasteiger partial charge in [0.1, 0.15) is 17.7 Å². The number of nitro groups is 1. The summed E-state index contributed by atoms with van der Waals surface area (Å²) in [5, 5.41) is 13.5. The molecule has 2 rings (SSSR count). The second kappa shape index (κ2) is 8.84. The lowest BCUT2D eigenvalue weighted by Gasteiger charge is -2.17. The zero-order valence-electron chi connectivity index (χ0n) is 14.3. The number of hydrogen-bond donors (Lipinski definition) is 1. The topological polar surface area (TPSA) is 98.5 Å². The summed E-state index contributed by atoms with van der Waals surface area (Å²) in [6.45, 7) is 0. The van der Waals surface area contributed by atoms with Crippen LogP contribution < -0.4 is 5.32 Å². The molecule has 0 unspecified atom stereocenters. The summed E-state index contributed by atoms with van der Waals surface area (Å²) in [6.07, 6.45) is -0.613. The van der Waals surface area contributed by atoms with E-state index in [0.29, 0.717) is 6.07 Å². The lowest BCUT2D eigenvalue weighted by Crippen LogP contribution is -2.43. The summed E-state index contributed by atoms with van der Waals surface area (Å²) in [5.41, 5.74) is -0.0281. The Kier molecular flexibility index (Phi) is 6.53. The highest BCUT2D eigenvalue weighted by atomic mass is 19.1. The SMILES string of the molecule is COC(=O)[C@H](Cc1ccccc1[N+](=O)[O-])NC(=O)Cc1ccc(F)cc1F. The minimum atomic E-state index is -1.20. The summed E-state index contributed by atoms with van der Waals surface area (Å²) in [5.74, 6) is -3.19. The van der Waals surface area contributed by atoms with Gasteiger partial charge in [0.25, 0.3) is 5.69 Å². The monoisotopic (exact) mass is 378 g/mol. The minimum absolute atomic E-state index is 0.0526. The van der Waals surface area contributed by atoms with Gasteiger partial charge in [-0.15, -0.1) is 0 Å². The molecule has 27 heavy (non-hydrogen) atoms. The molecular formula is C18H16F2N2O5. The molecule has 0 aliphatic carbocycles. The van der Waals surface area contributed by atoms with Crippen molar-refractivity contribution in [3.63, 3.8) is 0 Å². The van der Waals surface area contributed by atoms with E-state index in [1.54, 1.807) is 6.07 Å². The van der Waals surface area contributed by atoms with E-state index in [9.17, 15) is 28.5 Å². The number of methoxy groups -OCH3 is 1. The Morgan fingerprint density at radius 2 is 1.89 bits per heavy atom. The van der Waals surface area contributed by atoms with Crippen LogP contribution in [0.15, 0.2) is 42.5 Å². The summed E-state index contributed by atoms with van der Waals surface area (Å²) >= 11 is 0. The predicted octanol–water partition coefficient (Wildman–Crippen LogP) is 2.32. The molecule has 0 saturated heterocycles. The van der Waals surface area contributed by atoms with Gasteiger partial charge in [0.2, 0.25) is 5.91 Å². The Labute approximate surface area is 153 Å². The van der Waals surface area contributed by atoms with Crippen molar-refractivity contribution in [3.8, 4) is 0 Å². The van der Waals surface area contributed by atoms with Crippen LogP contribution in [-0.2, 0) is 27.2 Å². The van der Waals surface area contributed by atoms with Crippen molar-refractivity contribution in [2.24, 2.45) is 0 Å². The van der Waals surface area contributed by atoms with E-state index >= 15 is 0 Å². The van der Waals surface area contributed by atoms with Crippen LogP contribution in [0.2, 0.25) is 0 Å². The molecule has 0 aromatic heterocycles. The van der Waals surface area contributed by atoms with E-state index in [1.165, 1.54) is 18.2 Å². The number of carbonyl (C=O) groups excluding carboxylic acids is 2. The van der Waals surface area contributed by atoms with Gasteiger partial charge in [-0.3, -0.25) is 14.9 Å². The predicted molar refractivity (Wildman–Crippen MR) is 90.8 cm³/mol. The fourth-order valence-electron chi connectivity index (χ4n) is 2.50. The first-order valence-corrected chi connectivity index (χ1v) is 7.85. The Morgan fingerprint density at radius 3 is 2.52 bits per heavy atom. The van der Waals surface area contributed by atoms with Crippen molar-refractivity contribution >= 4 is 17.6 Å². The smallest absolute Gasteiger partial charge is 0.328 e. The third kappa shape index (κ3) is 5.30. The molecule has 0 spiro atoms. The van der Waals surface area contributed by atoms with Crippen molar-refractivity contribution in [3.05, 3.63) is 75.3 Å². The van der Waals surface area contributed by atoms with E-state index in [0.717, 1.165) is 19.2 Å². The highest BCUT2D eigenvalue weighted by Crippen LogP contribution is 2.20. The van der Waals surface area contributed by atoms with Gasteiger partial charge >= 0.3 is 5.97 Å². The van der Waals surface area contributed by atoms with Crippen LogP contribution in [0.25, 0.3) is 0 Å². The van der Waals surface area contributed by atoms with Crippen LogP contribution in [0.1, 0.15) is 11.1 Å². The second-order valence-corrected chi connectivity index (χ2v) is 5.65. The number of carbonyl (C=O) groups is 2. The number of ether oxygens (including phenoxy) is 1. The Bertz CT molecular complexity index is 873. The zero-order chi connectivity index (χ0) is 20.0. The average Bonchev–Trinajstić information content (AvgIpc) is 2.63. The molecule has 0 aliphatic heterocycles. The van der Waals surface area contributed by atoms with Crippen molar-refractivity contribution in [2.45, 2.75) is 18.9 Å². The molecule has 0 heterocycles. The highest BCUT2D eigenvalue weighted by molar-refractivity contribution is 5.86. The van der Waals surface area contributed by atoms with Crippen LogP contribution in [0, 0.1) is 21.7 Å². The maximum absolute atomic E-state index is 13.7. The summed E-state index contributed by atoms with van der Waals surface area (Å²) in [4.78, 5) is 34.6. The number of hydrogen-bond acceptors (Lipinski definition) is 5. The molecule has 7 nitrogen and oxygen atoms in total. The number of esters is 1. The number of benzene rings is 2. The summed E-state index contributed by atoms with van der Waals surface area (Å²) in [6, 6.07) is 7.35. The maximum Gasteiger partial charge on any atom is 0.328 e. The van der Waals surface area contributed by atoms with Crippen molar-refractivity contribution in [1.82, 2.24) is 5.32 Å². The lowest BCUT2D eigenvalue weighted by molar-refractivity contribution is -0.385. The van der Waals surface area contributed by atoms with Gasteiger partial charge in [-0.05, 0) is 11.6 Å². The third-order valence-corrected chi connectivity index (χ3v) is 3.80. The first kappa shape index (κ1) is 20.0. The average molecular weight is 378 g/mol. The summed E-state index contributed by atoms with van der Waals surface area (Å²) in [7, 11) is 1.11. The van der Waals surface area contributed by atoms with Crippen LogP contribution in [0.3, 0.4) is 0 Å². The number of halogens is 2. The van der Waals surface area contributed by atoms with E-state index in [2.05, 4.69) is 10.1 Å². The first-order chi connectivity index (χ1) is 12.8. The van der Waals surface area contributed by atoms with Gasteiger partial charge in [0, 0.05) is 24.1 Å². The number of para-hydroxylation sites is 1. The number of nitrogens with one attached hydrogen (secondary N) is 1. The van der Waals surface area contributed by atoms with E-state index in [4.69, 9.17) is 0 Å². The van der Waals surface area contributed by atoms with E-state index in [1.807, 2.05) is 0 Å². The molecule has 1 N–H and O–H groups in total. The quantitative estimate of drug-likeness (QED) is 0.453. The fraction of sp³-hybridized carbons (Fsp3) is 0.222. The first-order valence-electron chi connectivity index (χ1n) is 7.85. The molecule has 1 amide bonds. The van der Waals surface area contributed by atoms with Gasteiger partial charge in [-0.2, -0.15) is 0 Å². The Balaban J connectivity index is 2.16. The van der Waals surface area contributed by atoms with Crippen molar-refractivity contribution in [2.75, 3.05) is 7.11 Å². The van der Waals surface area contributed by atoms with Gasteiger partial charge in [0.05, 0.1) is 18.5 Å². The van der Waals surface area contributed by atoms with Gasteiger partial charge in [-0.1, -0.05) is 24.3 Å². The normalized spacial score (nSPS) is 11.5. The van der Waals surface area contributed by atoms with Crippen LogP contribution in [-0.4, -0.2) is 30.0 Å². The Morgan fingerprint density at radius 1 is 1.19 bits per heavy atom. The summed E-state index contributed by atoms with van der Waals surface area (Å²) < 4.78 is 31.2. The van der Waals surface area contributed by atoms with Crippen LogP contribution >= 0.6 is 0 Å². The largest absolute Gasteiger partial charge is 0.467 e. The molecule has 142 valence electrons. The van der Waals surface area contributed by atoms with Crippen molar-refractivity contribution in [1.29, 1.82) is 0 Å². The van der Waals surface area contributed by atoms with Crippen LogP contribution in [0.5, 0.6) is 0 Å². The maximum atomic E-state index is 13.7. The second-order valence-electron chi connectivity index (χ2n) is 5.65. The molecule has 0 aliphatic rings. The van der Waals surface area contributed by atoms with E-state index in [-0.39, 0.29) is 23.2 Å². The van der Waals surface area contributed by atoms with Gasteiger partial charge in [0.15, 0.2) is 0 Å².